The number of aliphatic hydroxyl groups excluding tert-OH is 2. The van der Waals surface area contributed by atoms with Crippen LogP contribution in [0.4, 0.5) is 0 Å². The molecule has 172 valence electrons. The first-order valence-corrected chi connectivity index (χ1v) is 10.0. The molecule has 1 aromatic carbocycles. The first-order chi connectivity index (χ1) is 15.3. The van der Waals surface area contributed by atoms with E-state index in [9.17, 15) is 29.4 Å². The van der Waals surface area contributed by atoms with E-state index in [4.69, 9.17) is 9.47 Å². The molecule has 11 heteroatoms. The van der Waals surface area contributed by atoms with E-state index in [1.165, 1.54) is 7.11 Å². The molecule has 4 N–H and O–H groups in total. The Labute approximate surface area is 182 Å². The maximum absolute atomic E-state index is 12.4. The minimum absolute atomic E-state index is 0.0257. The van der Waals surface area contributed by atoms with E-state index in [-0.39, 0.29) is 19.3 Å². The summed E-state index contributed by atoms with van der Waals surface area (Å²) in [5, 5.41) is 23.2. The Hall–Kier alpha value is -3.28. The molecule has 11 nitrogen and oxygen atoms in total. The third kappa shape index (κ3) is 5.49. The lowest BCUT2D eigenvalue weighted by molar-refractivity contribution is -0.145. The van der Waals surface area contributed by atoms with Gasteiger partial charge in [-0.05, 0) is 12.0 Å². The molecule has 1 amide bonds. The van der Waals surface area contributed by atoms with Crippen LogP contribution in [0.25, 0.3) is 0 Å². The molecule has 0 radical (unpaired) electrons. The van der Waals surface area contributed by atoms with Crippen molar-refractivity contribution in [3.8, 4) is 0 Å². The van der Waals surface area contributed by atoms with Crippen molar-refractivity contribution in [1.29, 1.82) is 0 Å². The lowest BCUT2D eigenvalue weighted by Crippen LogP contribution is -2.43. The number of amides is 1. The normalized spacial score (nSPS) is 23.5. The van der Waals surface area contributed by atoms with E-state index in [1.54, 1.807) is 0 Å². The van der Waals surface area contributed by atoms with Crippen LogP contribution in [0.2, 0.25) is 0 Å². The monoisotopic (exact) mass is 447 g/mol. The van der Waals surface area contributed by atoms with E-state index in [1.807, 2.05) is 35.3 Å². The number of carbonyl (C=O) groups excluding carboxylic acids is 2. The van der Waals surface area contributed by atoms with Gasteiger partial charge >= 0.3 is 11.7 Å². The lowest BCUT2D eigenvalue weighted by Gasteiger charge is -2.18. The molecular weight excluding hydrogens is 422 g/mol. The summed E-state index contributed by atoms with van der Waals surface area (Å²) in [6, 6.07) is 9.33. The molecule has 2 aromatic rings. The summed E-state index contributed by atoms with van der Waals surface area (Å²) in [5.41, 5.74) is -0.563. The van der Waals surface area contributed by atoms with Crippen molar-refractivity contribution in [3.63, 3.8) is 0 Å². The molecule has 32 heavy (non-hydrogen) atoms. The third-order valence-electron chi connectivity index (χ3n) is 5.22. The number of nitrogens with zero attached hydrogens (tertiary/aromatic N) is 1. The molecule has 2 heterocycles. The van der Waals surface area contributed by atoms with Crippen LogP contribution in [0.1, 0.15) is 24.6 Å². The van der Waals surface area contributed by atoms with Gasteiger partial charge in [0.05, 0.1) is 13.2 Å². The lowest BCUT2D eigenvalue weighted by atomic mass is 10.0. The molecule has 0 bridgehead atoms. The predicted molar refractivity (Wildman–Crippen MR) is 111 cm³/mol. The van der Waals surface area contributed by atoms with Crippen molar-refractivity contribution in [1.82, 2.24) is 14.9 Å². The molecule has 3 rings (SSSR count). The summed E-state index contributed by atoms with van der Waals surface area (Å²) in [7, 11) is 1.23. The van der Waals surface area contributed by atoms with Gasteiger partial charge in [0.15, 0.2) is 6.23 Å². The van der Waals surface area contributed by atoms with Crippen molar-refractivity contribution in [3.05, 3.63) is 69.0 Å². The van der Waals surface area contributed by atoms with Gasteiger partial charge in [-0.1, -0.05) is 30.3 Å². The predicted octanol–water partition coefficient (Wildman–Crippen LogP) is -1.16. The Bertz CT molecular complexity index is 1050. The Morgan fingerprint density at radius 1 is 1.19 bits per heavy atom. The van der Waals surface area contributed by atoms with Crippen LogP contribution in [0.3, 0.4) is 0 Å². The number of aliphatic hydroxyl groups is 2. The van der Waals surface area contributed by atoms with Crippen LogP contribution in [-0.2, 0) is 25.5 Å². The van der Waals surface area contributed by atoms with Gasteiger partial charge in [-0.2, -0.15) is 0 Å². The van der Waals surface area contributed by atoms with Gasteiger partial charge in [0.2, 0.25) is 5.91 Å². The summed E-state index contributed by atoms with van der Waals surface area (Å²) in [5.74, 6) is -1.06. The second-order valence-corrected chi connectivity index (χ2v) is 7.44. The van der Waals surface area contributed by atoms with Gasteiger partial charge in [0.25, 0.3) is 5.56 Å². The molecule has 0 aliphatic carbocycles. The Morgan fingerprint density at radius 2 is 1.91 bits per heavy atom. The average Bonchev–Trinajstić information content (AvgIpc) is 3.06. The highest BCUT2D eigenvalue weighted by atomic mass is 16.6. The smallest absolute Gasteiger partial charge is 0.330 e. The molecule has 0 saturated carbocycles. The van der Waals surface area contributed by atoms with Crippen molar-refractivity contribution in [2.75, 3.05) is 7.11 Å². The second-order valence-electron chi connectivity index (χ2n) is 7.44. The van der Waals surface area contributed by atoms with Gasteiger partial charge in [-0.3, -0.25) is 19.1 Å². The molecule has 0 spiro atoms. The zero-order chi connectivity index (χ0) is 23.3. The number of H-pyrrole nitrogens is 1. The summed E-state index contributed by atoms with van der Waals surface area (Å²) in [6.45, 7) is 0. The zero-order valence-electron chi connectivity index (χ0n) is 17.3. The molecule has 0 unspecified atom stereocenters. The van der Waals surface area contributed by atoms with Gasteiger partial charge in [-0.15, -0.1) is 0 Å². The topological polar surface area (TPSA) is 160 Å². The van der Waals surface area contributed by atoms with Crippen LogP contribution < -0.4 is 16.6 Å². The van der Waals surface area contributed by atoms with Gasteiger partial charge in [0.1, 0.15) is 18.2 Å². The number of benzene rings is 1. The van der Waals surface area contributed by atoms with Crippen LogP contribution in [-0.4, -0.2) is 63.1 Å². The number of aromatic amines is 1. The first-order valence-electron chi connectivity index (χ1n) is 10.0. The largest absolute Gasteiger partial charge is 0.467 e. The van der Waals surface area contributed by atoms with Gasteiger partial charge in [0, 0.05) is 25.1 Å². The van der Waals surface area contributed by atoms with E-state index in [2.05, 4.69) is 5.32 Å². The number of hydrogen-bond acceptors (Lipinski definition) is 8. The van der Waals surface area contributed by atoms with Crippen molar-refractivity contribution >= 4 is 11.9 Å². The molecule has 1 aliphatic rings. The fraction of sp³-hybridized carbons (Fsp3) is 0.429. The number of carbonyl (C=O) groups is 2. The number of methoxy groups -OCH3 is 1. The highest BCUT2D eigenvalue weighted by Crippen LogP contribution is 2.30. The van der Waals surface area contributed by atoms with Crippen LogP contribution in [0.15, 0.2) is 52.2 Å². The van der Waals surface area contributed by atoms with Gasteiger partial charge in [-0.25, -0.2) is 9.59 Å². The van der Waals surface area contributed by atoms with E-state index < -0.39 is 53.7 Å². The Balaban J connectivity index is 1.60. The Kier molecular flexibility index (Phi) is 7.57. The molecular formula is C21H25N3O8. The minimum Gasteiger partial charge on any atom is -0.467 e. The number of nitrogens with one attached hydrogen (secondary N) is 2. The zero-order valence-corrected chi connectivity index (χ0v) is 17.3. The highest BCUT2D eigenvalue weighted by molar-refractivity contribution is 5.84. The SMILES string of the molecule is COC(=O)[C@H](Cc1ccccc1)NC(=O)CC[C@H]1O[C@@H](n2ccc(=O)[nH]c2=O)[C@H](O)[C@@H]1O. The number of esters is 1. The van der Waals surface area contributed by atoms with Gasteiger partial charge < -0.3 is 25.0 Å². The van der Waals surface area contributed by atoms with E-state index in [0.717, 1.165) is 22.4 Å². The fourth-order valence-corrected chi connectivity index (χ4v) is 3.55. The average molecular weight is 447 g/mol. The quantitative estimate of drug-likeness (QED) is 0.369. The maximum atomic E-state index is 12.4. The number of ether oxygens (including phenoxy) is 2. The van der Waals surface area contributed by atoms with Crippen LogP contribution >= 0.6 is 0 Å². The van der Waals surface area contributed by atoms with Crippen LogP contribution in [0.5, 0.6) is 0 Å². The standard InChI is InChI=1S/C21H25N3O8/c1-31-20(29)13(11-12-5-3-2-4-6-12)22-15(25)8-7-14-17(27)18(28)19(32-14)24-10-9-16(26)23-21(24)30/h2-6,9-10,13-14,17-19,27-28H,7-8,11H2,1H3,(H,22,25)(H,23,26,30)/t13-,14+,17+,18+,19+/m0/s1. The summed E-state index contributed by atoms with van der Waals surface area (Å²) in [6.07, 6.45) is -3.63. The van der Waals surface area contributed by atoms with Crippen molar-refractivity contribution in [2.45, 2.75) is 49.8 Å². The van der Waals surface area contributed by atoms with E-state index >= 15 is 0 Å². The number of aromatic nitrogens is 2. The second kappa shape index (κ2) is 10.4. The fourth-order valence-electron chi connectivity index (χ4n) is 3.55. The Morgan fingerprint density at radius 3 is 2.56 bits per heavy atom. The van der Waals surface area contributed by atoms with Crippen molar-refractivity contribution < 1.29 is 29.3 Å². The number of hydrogen-bond donors (Lipinski definition) is 4. The van der Waals surface area contributed by atoms with Crippen LogP contribution in [0, 0.1) is 0 Å². The molecule has 1 fully saturated rings. The summed E-state index contributed by atoms with van der Waals surface area (Å²) >= 11 is 0. The molecule has 1 aliphatic heterocycles. The highest BCUT2D eigenvalue weighted by Gasteiger charge is 2.44. The molecule has 1 saturated heterocycles. The summed E-state index contributed by atoms with van der Waals surface area (Å²) in [4.78, 5) is 49.7. The first kappa shape index (κ1) is 23.4. The molecule has 5 atom stereocenters. The molecule has 1 aromatic heterocycles. The third-order valence-corrected chi connectivity index (χ3v) is 5.22. The minimum atomic E-state index is -1.44. The summed E-state index contributed by atoms with van der Waals surface area (Å²) < 4.78 is 11.3. The number of rotatable bonds is 8. The van der Waals surface area contributed by atoms with Crippen molar-refractivity contribution in [2.24, 2.45) is 0 Å². The maximum Gasteiger partial charge on any atom is 0.330 e. The van der Waals surface area contributed by atoms with E-state index in [0.29, 0.717) is 0 Å².